The minimum atomic E-state index is 0.0377. The second-order valence-electron chi connectivity index (χ2n) is 4.77. The number of amides is 1. The molecule has 1 amide bonds. The van der Waals surface area contributed by atoms with Crippen molar-refractivity contribution < 1.29 is 4.79 Å². The van der Waals surface area contributed by atoms with Crippen LogP contribution in [0.4, 0.5) is 0 Å². The van der Waals surface area contributed by atoms with Crippen molar-refractivity contribution in [2.45, 2.75) is 44.9 Å². The van der Waals surface area contributed by atoms with Crippen LogP contribution < -0.4 is 4.84 Å². The van der Waals surface area contributed by atoms with Crippen LogP contribution in [0.1, 0.15) is 44.9 Å². The van der Waals surface area contributed by atoms with Crippen molar-refractivity contribution >= 4 is 17.7 Å². The van der Waals surface area contributed by atoms with E-state index in [4.69, 9.17) is 11.8 Å². The highest BCUT2D eigenvalue weighted by molar-refractivity contribution is 6.21. The van der Waals surface area contributed by atoms with Gasteiger partial charge in [0.15, 0.2) is 0 Å². The summed E-state index contributed by atoms with van der Waals surface area (Å²) in [4.78, 5) is 13.7. The molecule has 0 aliphatic heterocycles. The molecule has 2 fully saturated rings. The van der Waals surface area contributed by atoms with Gasteiger partial charge < -0.3 is 0 Å². The molecule has 2 nitrogen and oxygen atoms in total. The van der Waals surface area contributed by atoms with Gasteiger partial charge >= 0.3 is 0 Å². The van der Waals surface area contributed by atoms with E-state index in [-0.39, 0.29) is 11.8 Å². The highest BCUT2D eigenvalue weighted by Crippen LogP contribution is 2.42. The zero-order valence-electron chi connectivity index (χ0n) is 8.47. The van der Waals surface area contributed by atoms with E-state index in [0.717, 1.165) is 24.7 Å². The van der Waals surface area contributed by atoms with Crippen molar-refractivity contribution in [3.8, 4) is 0 Å². The van der Waals surface area contributed by atoms with Gasteiger partial charge in [0.25, 0.3) is 0 Å². The Hall–Kier alpha value is -0.240. The van der Waals surface area contributed by atoms with Gasteiger partial charge in [0.05, 0.1) is 0 Å². The molecule has 3 heteroatoms. The second kappa shape index (κ2) is 4.52. The molecule has 14 heavy (non-hydrogen) atoms. The summed E-state index contributed by atoms with van der Waals surface area (Å²) in [6.07, 6.45) is 8.82. The second-order valence-corrected chi connectivity index (χ2v) is 4.96. The Kier molecular flexibility index (Phi) is 3.32. The molecule has 0 radical (unpaired) electrons. The van der Waals surface area contributed by atoms with Crippen LogP contribution in [0, 0.1) is 17.8 Å². The molecule has 3 unspecified atom stereocenters. The van der Waals surface area contributed by atoms with Crippen LogP contribution in [-0.4, -0.2) is 5.91 Å². The summed E-state index contributed by atoms with van der Waals surface area (Å²) in [5.41, 5.74) is 0. The molecule has 2 aliphatic rings. The van der Waals surface area contributed by atoms with Crippen LogP contribution in [0.15, 0.2) is 0 Å². The topological polar surface area (TPSA) is 29.1 Å². The summed E-state index contributed by atoms with van der Waals surface area (Å²) in [6, 6.07) is 0. The molecule has 1 N–H and O–H groups in total. The van der Waals surface area contributed by atoms with Crippen molar-refractivity contribution in [3.63, 3.8) is 0 Å². The smallest absolute Gasteiger partial charge is 0.237 e. The predicted molar refractivity (Wildman–Crippen MR) is 56.8 cm³/mol. The number of halogens is 1. The summed E-state index contributed by atoms with van der Waals surface area (Å²) in [5.74, 6) is 1.93. The molecule has 2 rings (SSSR count). The van der Waals surface area contributed by atoms with Crippen LogP contribution in [0.3, 0.4) is 0 Å². The number of carbonyl (C=O) groups is 1. The molecular formula is C11H18ClNO. The van der Waals surface area contributed by atoms with E-state index in [9.17, 15) is 4.79 Å². The first-order valence-corrected chi connectivity index (χ1v) is 6.09. The van der Waals surface area contributed by atoms with Crippen LogP contribution >= 0.6 is 11.8 Å². The van der Waals surface area contributed by atoms with Crippen LogP contribution in [-0.2, 0) is 4.79 Å². The molecule has 0 aromatic carbocycles. The quantitative estimate of drug-likeness (QED) is 0.670. The van der Waals surface area contributed by atoms with Crippen molar-refractivity contribution in [2.24, 2.45) is 17.8 Å². The monoisotopic (exact) mass is 215 g/mol. The van der Waals surface area contributed by atoms with E-state index in [1.165, 1.54) is 32.1 Å². The van der Waals surface area contributed by atoms with E-state index in [2.05, 4.69) is 4.84 Å². The number of rotatable bonds is 1. The molecule has 3 atom stereocenters. The van der Waals surface area contributed by atoms with E-state index in [1.807, 2.05) is 0 Å². The van der Waals surface area contributed by atoms with Crippen molar-refractivity contribution in [1.29, 1.82) is 0 Å². The first kappa shape index (κ1) is 10.3. The first-order chi connectivity index (χ1) is 6.81. The zero-order chi connectivity index (χ0) is 9.97. The van der Waals surface area contributed by atoms with Gasteiger partial charge in [-0.25, -0.2) is 0 Å². The molecule has 0 aromatic rings. The van der Waals surface area contributed by atoms with Gasteiger partial charge in [-0.05, 0) is 31.1 Å². The molecule has 80 valence electrons. The van der Waals surface area contributed by atoms with Crippen molar-refractivity contribution in [3.05, 3.63) is 0 Å². The summed E-state index contributed by atoms with van der Waals surface area (Å²) in [6.45, 7) is 0. The lowest BCUT2D eigenvalue weighted by Gasteiger charge is -2.38. The Balaban J connectivity index is 1.92. The molecule has 0 spiro atoms. The fourth-order valence-corrected chi connectivity index (χ4v) is 3.34. The van der Waals surface area contributed by atoms with Gasteiger partial charge in [-0.2, -0.15) is 0 Å². The Morgan fingerprint density at radius 2 is 1.79 bits per heavy atom. The molecule has 0 saturated heterocycles. The normalized spacial score (nSPS) is 37.4. The van der Waals surface area contributed by atoms with Gasteiger partial charge in [-0.1, -0.05) is 25.7 Å². The average molecular weight is 216 g/mol. The highest BCUT2D eigenvalue weighted by atomic mass is 35.5. The van der Waals surface area contributed by atoms with E-state index >= 15 is 0 Å². The van der Waals surface area contributed by atoms with E-state index < -0.39 is 0 Å². The first-order valence-electron chi connectivity index (χ1n) is 5.71. The summed E-state index contributed by atoms with van der Waals surface area (Å²) < 4.78 is 0. The lowest BCUT2D eigenvalue weighted by molar-refractivity contribution is -0.125. The SMILES string of the molecule is O=C(NCl)C1CCC2CCCCC2C1. The Bertz CT molecular complexity index is 219. The lowest BCUT2D eigenvalue weighted by Crippen LogP contribution is -2.34. The lowest BCUT2D eigenvalue weighted by atomic mass is 9.67. The van der Waals surface area contributed by atoms with Crippen LogP contribution in [0.5, 0.6) is 0 Å². The number of fused-ring (bicyclic) bond motifs is 1. The number of hydrogen-bond acceptors (Lipinski definition) is 1. The van der Waals surface area contributed by atoms with E-state index in [0.29, 0.717) is 0 Å². The number of nitrogens with one attached hydrogen (secondary N) is 1. The molecular weight excluding hydrogens is 198 g/mol. The molecule has 0 bridgehead atoms. The maximum Gasteiger partial charge on any atom is 0.237 e. The van der Waals surface area contributed by atoms with Gasteiger partial charge in [-0.15, -0.1) is 0 Å². The average Bonchev–Trinajstić information content (AvgIpc) is 2.27. The maximum atomic E-state index is 11.4. The summed E-state index contributed by atoms with van der Waals surface area (Å²) >= 11 is 5.36. The van der Waals surface area contributed by atoms with Crippen molar-refractivity contribution in [1.82, 2.24) is 4.84 Å². The largest absolute Gasteiger partial charge is 0.273 e. The fraction of sp³-hybridized carbons (Fsp3) is 0.909. The molecule has 2 aliphatic carbocycles. The van der Waals surface area contributed by atoms with Gasteiger partial charge in [0, 0.05) is 17.7 Å². The third-order valence-electron chi connectivity index (χ3n) is 4.00. The van der Waals surface area contributed by atoms with Crippen LogP contribution in [0.25, 0.3) is 0 Å². The molecule has 0 aromatic heterocycles. The van der Waals surface area contributed by atoms with Gasteiger partial charge in [0.2, 0.25) is 5.91 Å². The van der Waals surface area contributed by atoms with Gasteiger partial charge in [0.1, 0.15) is 0 Å². The molecule has 0 heterocycles. The Morgan fingerprint density at radius 1 is 1.07 bits per heavy atom. The van der Waals surface area contributed by atoms with Gasteiger partial charge in [-0.3, -0.25) is 9.63 Å². The Morgan fingerprint density at radius 3 is 2.50 bits per heavy atom. The molecule has 2 saturated carbocycles. The zero-order valence-corrected chi connectivity index (χ0v) is 9.22. The number of carbonyl (C=O) groups excluding carboxylic acids is 1. The minimum Gasteiger partial charge on any atom is -0.273 e. The standard InChI is InChI=1S/C11H18ClNO/c12-13-11(14)10-6-5-8-3-1-2-4-9(8)7-10/h8-10H,1-7H2,(H,13,14). The highest BCUT2D eigenvalue weighted by Gasteiger charge is 2.34. The third kappa shape index (κ3) is 2.05. The van der Waals surface area contributed by atoms with E-state index in [1.54, 1.807) is 0 Å². The predicted octanol–water partition coefficient (Wildman–Crippen LogP) is 2.86. The minimum absolute atomic E-state index is 0.0377. The number of hydrogen-bond donors (Lipinski definition) is 1. The van der Waals surface area contributed by atoms with Crippen LogP contribution in [0.2, 0.25) is 0 Å². The summed E-state index contributed by atoms with van der Waals surface area (Å²) in [7, 11) is 0. The third-order valence-corrected chi connectivity index (χ3v) is 4.19. The summed E-state index contributed by atoms with van der Waals surface area (Å²) in [5, 5.41) is 0. The fourth-order valence-electron chi connectivity index (χ4n) is 3.19. The Labute approximate surface area is 90.5 Å². The van der Waals surface area contributed by atoms with Crippen molar-refractivity contribution in [2.75, 3.05) is 0 Å². The maximum absolute atomic E-state index is 11.4.